The molecule has 0 N–H and O–H groups in total. The van der Waals surface area contributed by atoms with Crippen molar-refractivity contribution in [1.82, 2.24) is 14.5 Å². The molecule has 0 spiro atoms. The molecule has 0 unspecified atom stereocenters. The van der Waals surface area contributed by atoms with E-state index >= 15 is 0 Å². The maximum absolute atomic E-state index is 11.7. The van der Waals surface area contributed by atoms with E-state index in [1.807, 2.05) is 19.9 Å². The molecule has 142 valence electrons. The number of hydrogen-bond acceptors (Lipinski definition) is 5. The lowest BCUT2D eigenvalue weighted by atomic mass is 9.96. The van der Waals surface area contributed by atoms with Gasteiger partial charge in [-0.1, -0.05) is 12.1 Å². The summed E-state index contributed by atoms with van der Waals surface area (Å²) in [5.41, 5.74) is 2.23. The van der Waals surface area contributed by atoms with Gasteiger partial charge in [-0.25, -0.2) is 4.98 Å². The quantitative estimate of drug-likeness (QED) is 0.536. The summed E-state index contributed by atoms with van der Waals surface area (Å²) in [5.74, 6) is 1.44. The highest BCUT2D eigenvalue weighted by molar-refractivity contribution is 5.76. The van der Waals surface area contributed by atoms with Crippen LogP contribution in [0.5, 0.6) is 0 Å². The maximum Gasteiger partial charge on any atom is 0.320 e. The minimum absolute atomic E-state index is 0.130. The van der Waals surface area contributed by atoms with E-state index in [1.54, 1.807) is 0 Å². The summed E-state index contributed by atoms with van der Waals surface area (Å²) in [6.45, 7) is 8.76. The molecule has 1 aliphatic heterocycles. The number of para-hydroxylation sites is 2. The predicted molar refractivity (Wildman–Crippen MR) is 101 cm³/mol. The number of hydrogen-bond donors (Lipinski definition) is 0. The minimum atomic E-state index is -0.130. The highest BCUT2D eigenvalue weighted by atomic mass is 16.5. The number of nitrogens with zero attached hydrogens (tertiary/aromatic N) is 3. The average Bonchev–Trinajstić information content (AvgIpc) is 3.02. The van der Waals surface area contributed by atoms with Crippen LogP contribution in [0.25, 0.3) is 11.0 Å². The van der Waals surface area contributed by atoms with Gasteiger partial charge in [0.05, 0.1) is 30.8 Å². The second-order valence-electron chi connectivity index (χ2n) is 6.66. The number of benzene rings is 1. The molecule has 0 bridgehead atoms. The number of esters is 1. The Morgan fingerprint density at radius 3 is 2.69 bits per heavy atom. The Morgan fingerprint density at radius 1 is 1.19 bits per heavy atom. The van der Waals surface area contributed by atoms with Gasteiger partial charge < -0.3 is 14.0 Å². The fourth-order valence-corrected chi connectivity index (χ4v) is 3.68. The van der Waals surface area contributed by atoms with Crippen LogP contribution in [0, 0.1) is 0 Å². The molecular weight excluding hydrogens is 330 g/mol. The van der Waals surface area contributed by atoms with E-state index in [9.17, 15) is 4.79 Å². The van der Waals surface area contributed by atoms with Crippen molar-refractivity contribution < 1.29 is 14.3 Å². The van der Waals surface area contributed by atoms with E-state index in [2.05, 4.69) is 27.7 Å². The van der Waals surface area contributed by atoms with Crippen LogP contribution in [0.3, 0.4) is 0 Å². The standard InChI is InChI=1S/C20H29N3O3/c1-3-25-14-13-23-18-8-6-5-7-17(18)21-20(23)16-9-11-22(12-10-16)15-19(24)26-4-2/h5-8,16H,3-4,9-15H2,1-2H3. The molecule has 1 fully saturated rings. The SMILES string of the molecule is CCOCCn1c(C2CCN(CC(=O)OCC)CC2)nc2ccccc21. The van der Waals surface area contributed by atoms with Crippen molar-refractivity contribution in [3.8, 4) is 0 Å². The number of carbonyl (C=O) groups is 1. The van der Waals surface area contributed by atoms with Crippen molar-refractivity contribution in [3.63, 3.8) is 0 Å². The summed E-state index contributed by atoms with van der Waals surface area (Å²) in [5, 5.41) is 0. The Hall–Kier alpha value is -1.92. The molecule has 0 radical (unpaired) electrons. The van der Waals surface area contributed by atoms with Crippen molar-refractivity contribution in [2.45, 2.75) is 39.2 Å². The molecule has 0 amide bonds. The maximum atomic E-state index is 11.7. The molecule has 6 nitrogen and oxygen atoms in total. The molecule has 1 aliphatic rings. The van der Waals surface area contributed by atoms with Gasteiger partial charge in [-0.15, -0.1) is 0 Å². The van der Waals surface area contributed by atoms with Crippen LogP contribution >= 0.6 is 0 Å². The van der Waals surface area contributed by atoms with Crippen molar-refractivity contribution in [2.75, 3.05) is 39.5 Å². The number of aromatic nitrogens is 2. The van der Waals surface area contributed by atoms with Crippen LogP contribution in [-0.4, -0.2) is 59.9 Å². The third-order valence-corrected chi connectivity index (χ3v) is 4.96. The second-order valence-corrected chi connectivity index (χ2v) is 6.66. The Bertz CT molecular complexity index is 720. The number of fused-ring (bicyclic) bond motifs is 1. The Labute approximate surface area is 155 Å². The number of ether oxygens (including phenoxy) is 2. The van der Waals surface area contributed by atoms with E-state index in [-0.39, 0.29) is 5.97 Å². The van der Waals surface area contributed by atoms with Gasteiger partial charge in [0, 0.05) is 19.1 Å². The van der Waals surface area contributed by atoms with Gasteiger partial charge in [0.15, 0.2) is 0 Å². The molecule has 1 aromatic heterocycles. The average molecular weight is 359 g/mol. The third kappa shape index (κ3) is 4.43. The molecule has 0 aliphatic carbocycles. The lowest BCUT2D eigenvalue weighted by molar-refractivity contribution is -0.144. The predicted octanol–water partition coefficient (Wildman–Crippen LogP) is 2.82. The summed E-state index contributed by atoms with van der Waals surface area (Å²) in [7, 11) is 0. The first-order chi connectivity index (χ1) is 12.7. The lowest BCUT2D eigenvalue weighted by Crippen LogP contribution is -2.38. The molecule has 2 aromatic rings. The normalized spacial score (nSPS) is 16.2. The van der Waals surface area contributed by atoms with Gasteiger partial charge in [0.2, 0.25) is 0 Å². The lowest BCUT2D eigenvalue weighted by Gasteiger charge is -2.31. The first kappa shape index (κ1) is 18.9. The summed E-state index contributed by atoms with van der Waals surface area (Å²) in [6.07, 6.45) is 2.02. The zero-order chi connectivity index (χ0) is 18.4. The van der Waals surface area contributed by atoms with Gasteiger partial charge in [0.1, 0.15) is 5.82 Å². The van der Waals surface area contributed by atoms with Crippen molar-refractivity contribution in [2.24, 2.45) is 0 Å². The second kappa shape index (κ2) is 9.14. The molecule has 3 rings (SSSR count). The van der Waals surface area contributed by atoms with Gasteiger partial charge in [-0.05, 0) is 51.9 Å². The molecule has 2 heterocycles. The van der Waals surface area contributed by atoms with Gasteiger partial charge >= 0.3 is 5.97 Å². The summed E-state index contributed by atoms with van der Waals surface area (Å²) >= 11 is 0. The van der Waals surface area contributed by atoms with Gasteiger partial charge in [-0.3, -0.25) is 9.69 Å². The van der Waals surface area contributed by atoms with Crippen LogP contribution in [0.4, 0.5) is 0 Å². The Morgan fingerprint density at radius 2 is 1.96 bits per heavy atom. The molecule has 0 atom stereocenters. The summed E-state index contributed by atoms with van der Waals surface area (Å²) < 4.78 is 12.9. The Kier molecular flexibility index (Phi) is 6.63. The van der Waals surface area contributed by atoms with Gasteiger partial charge in [-0.2, -0.15) is 0 Å². The zero-order valence-electron chi connectivity index (χ0n) is 15.8. The van der Waals surface area contributed by atoms with Crippen molar-refractivity contribution in [3.05, 3.63) is 30.1 Å². The first-order valence-corrected chi connectivity index (χ1v) is 9.63. The van der Waals surface area contributed by atoms with Crippen molar-refractivity contribution >= 4 is 17.0 Å². The molecule has 1 aromatic carbocycles. The fourth-order valence-electron chi connectivity index (χ4n) is 3.68. The number of likely N-dealkylation sites (tertiary alicyclic amines) is 1. The molecule has 0 saturated carbocycles. The topological polar surface area (TPSA) is 56.6 Å². The van der Waals surface area contributed by atoms with E-state index in [0.29, 0.717) is 25.7 Å². The fraction of sp³-hybridized carbons (Fsp3) is 0.600. The Balaban J connectivity index is 1.70. The summed E-state index contributed by atoms with van der Waals surface area (Å²) in [6, 6.07) is 8.31. The summed E-state index contributed by atoms with van der Waals surface area (Å²) in [4.78, 5) is 18.8. The third-order valence-electron chi connectivity index (χ3n) is 4.96. The molecule has 6 heteroatoms. The van der Waals surface area contributed by atoms with Crippen molar-refractivity contribution in [1.29, 1.82) is 0 Å². The number of piperidine rings is 1. The van der Waals surface area contributed by atoms with E-state index in [0.717, 1.165) is 50.4 Å². The monoisotopic (exact) mass is 359 g/mol. The van der Waals surface area contributed by atoms with Crippen LogP contribution in [0.2, 0.25) is 0 Å². The largest absolute Gasteiger partial charge is 0.465 e. The van der Waals surface area contributed by atoms with Crippen LogP contribution in [0.1, 0.15) is 38.4 Å². The number of imidazole rings is 1. The smallest absolute Gasteiger partial charge is 0.320 e. The highest BCUT2D eigenvalue weighted by Crippen LogP contribution is 2.30. The van der Waals surface area contributed by atoms with E-state index in [4.69, 9.17) is 14.5 Å². The molecule has 1 saturated heterocycles. The van der Waals surface area contributed by atoms with E-state index < -0.39 is 0 Å². The first-order valence-electron chi connectivity index (χ1n) is 9.63. The zero-order valence-corrected chi connectivity index (χ0v) is 15.8. The number of rotatable bonds is 8. The highest BCUT2D eigenvalue weighted by Gasteiger charge is 2.26. The van der Waals surface area contributed by atoms with Crippen LogP contribution in [-0.2, 0) is 20.8 Å². The van der Waals surface area contributed by atoms with E-state index in [1.165, 1.54) is 5.52 Å². The van der Waals surface area contributed by atoms with Crippen LogP contribution in [0.15, 0.2) is 24.3 Å². The van der Waals surface area contributed by atoms with Gasteiger partial charge in [0.25, 0.3) is 0 Å². The molecular formula is C20H29N3O3. The minimum Gasteiger partial charge on any atom is -0.465 e. The van der Waals surface area contributed by atoms with Crippen LogP contribution < -0.4 is 0 Å². The molecule has 26 heavy (non-hydrogen) atoms. The number of carbonyl (C=O) groups excluding carboxylic acids is 1.